The number of carbonyl (C=O) groups excluding carboxylic acids is 2. The number of aliphatic hydroxyl groups is 4. The van der Waals surface area contributed by atoms with Gasteiger partial charge in [0.05, 0.1) is 32.0 Å². The summed E-state index contributed by atoms with van der Waals surface area (Å²) < 4.78 is 32.4. The first-order chi connectivity index (χ1) is 23.4. The zero-order chi connectivity index (χ0) is 36.8. The second kappa shape index (κ2) is 31.4. The average Bonchev–Trinajstić information content (AvgIpc) is 3.06. The molecule has 1 unspecified atom stereocenters. The largest absolute Gasteiger partial charge is 0.472 e. The molecule has 0 heterocycles. The van der Waals surface area contributed by atoms with Crippen LogP contribution in [0.5, 0.6) is 0 Å². The van der Waals surface area contributed by atoms with Crippen molar-refractivity contribution in [1.82, 2.24) is 0 Å². The molecule has 0 aliphatic carbocycles. The number of esters is 2. The van der Waals surface area contributed by atoms with Crippen molar-refractivity contribution in [2.75, 3.05) is 26.4 Å². The average molecular weight is 725 g/mol. The summed E-state index contributed by atoms with van der Waals surface area (Å²) in [4.78, 5) is 34.7. The predicted octanol–water partition coefficient (Wildman–Crippen LogP) is 6.68. The number of ether oxygens (including phenoxy) is 2. The zero-order valence-electron chi connectivity index (χ0n) is 30.6. The lowest BCUT2D eigenvalue weighted by atomic mass is 10.0. The number of carbonyl (C=O) groups is 2. The van der Waals surface area contributed by atoms with Crippen LogP contribution in [0.2, 0.25) is 0 Å². The molecule has 12 nitrogen and oxygen atoms in total. The van der Waals surface area contributed by atoms with Crippen LogP contribution in [0, 0.1) is 5.92 Å². The first-order valence-electron chi connectivity index (χ1n) is 18.7. The number of phosphoric acid groups is 1. The van der Waals surface area contributed by atoms with Gasteiger partial charge in [0.25, 0.3) is 0 Å². The van der Waals surface area contributed by atoms with E-state index in [1.807, 2.05) is 6.08 Å². The van der Waals surface area contributed by atoms with E-state index in [4.69, 9.17) is 19.1 Å². The molecule has 13 heteroatoms. The molecule has 0 saturated carbocycles. The molecule has 0 aliphatic rings. The van der Waals surface area contributed by atoms with Gasteiger partial charge in [-0.1, -0.05) is 110 Å². The molecule has 0 aliphatic heterocycles. The molecule has 0 amide bonds. The Morgan fingerprint density at radius 1 is 0.694 bits per heavy atom. The van der Waals surface area contributed by atoms with Gasteiger partial charge in [0.15, 0.2) is 6.10 Å². The summed E-state index contributed by atoms with van der Waals surface area (Å²) >= 11 is 0. The molecule has 0 spiro atoms. The first kappa shape index (κ1) is 47.6. The van der Waals surface area contributed by atoms with Crippen molar-refractivity contribution in [3.8, 4) is 0 Å². The molecule has 0 saturated heterocycles. The van der Waals surface area contributed by atoms with Crippen LogP contribution in [0.4, 0.5) is 0 Å². The van der Waals surface area contributed by atoms with Crippen LogP contribution in [0.3, 0.4) is 0 Å². The SMILES string of the molecule is CCCCC/C=C\C[C@@H](O)[C@H](O)CCCCCCCC(=O)OC[C@H](COP(=O)(O)OC[C@@H](O)CO)OC(=O)CCCCCCCCC(C)C. The second-order valence-corrected chi connectivity index (χ2v) is 14.8. The van der Waals surface area contributed by atoms with Crippen molar-refractivity contribution in [2.45, 2.75) is 174 Å². The normalized spacial score (nSPS) is 15.6. The predicted molar refractivity (Wildman–Crippen MR) is 190 cm³/mol. The molecule has 5 atom stereocenters. The van der Waals surface area contributed by atoms with Crippen molar-refractivity contribution in [2.24, 2.45) is 5.92 Å². The van der Waals surface area contributed by atoms with E-state index in [0.29, 0.717) is 31.6 Å². The Bertz CT molecular complexity index is 884. The van der Waals surface area contributed by atoms with Crippen molar-refractivity contribution in [3.05, 3.63) is 12.2 Å². The van der Waals surface area contributed by atoms with Crippen LogP contribution in [0.1, 0.15) is 149 Å². The van der Waals surface area contributed by atoms with E-state index in [-0.39, 0.29) is 19.4 Å². The number of hydrogen-bond donors (Lipinski definition) is 5. The van der Waals surface area contributed by atoms with Gasteiger partial charge in [0, 0.05) is 12.8 Å². The van der Waals surface area contributed by atoms with Gasteiger partial charge < -0.3 is 34.8 Å². The molecule has 0 radical (unpaired) electrons. The number of aliphatic hydroxyl groups excluding tert-OH is 4. The molecular formula is C36H69O12P. The minimum Gasteiger partial charge on any atom is -0.462 e. The topological polar surface area (TPSA) is 189 Å². The highest BCUT2D eigenvalue weighted by atomic mass is 31.2. The molecule has 0 aromatic carbocycles. The van der Waals surface area contributed by atoms with Gasteiger partial charge >= 0.3 is 19.8 Å². The van der Waals surface area contributed by atoms with Crippen LogP contribution in [-0.2, 0) is 32.7 Å². The Labute approximate surface area is 295 Å². The van der Waals surface area contributed by atoms with Gasteiger partial charge in [-0.2, -0.15) is 0 Å². The Morgan fingerprint density at radius 3 is 1.88 bits per heavy atom. The van der Waals surface area contributed by atoms with Crippen molar-refractivity contribution in [3.63, 3.8) is 0 Å². The minimum absolute atomic E-state index is 0.144. The second-order valence-electron chi connectivity index (χ2n) is 13.4. The number of unbranched alkanes of at least 4 members (excludes halogenated alkanes) is 12. The monoisotopic (exact) mass is 724 g/mol. The van der Waals surface area contributed by atoms with Crippen LogP contribution in [0.15, 0.2) is 12.2 Å². The Hall–Kier alpha value is -1.37. The zero-order valence-corrected chi connectivity index (χ0v) is 31.4. The van der Waals surface area contributed by atoms with Gasteiger partial charge in [-0.15, -0.1) is 0 Å². The van der Waals surface area contributed by atoms with E-state index < -0.39 is 64.0 Å². The van der Waals surface area contributed by atoms with Crippen LogP contribution in [-0.4, -0.2) is 88.1 Å². The van der Waals surface area contributed by atoms with Gasteiger partial charge in [0.2, 0.25) is 0 Å². The number of rotatable bonds is 34. The van der Waals surface area contributed by atoms with Crippen molar-refractivity contribution < 1.29 is 58.0 Å². The Kier molecular flexibility index (Phi) is 30.5. The smallest absolute Gasteiger partial charge is 0.462 e. The molecule has 5 N–H and O–H groups in total. The molecule has 0 aromatic rings. The Morgan fingerprint density at radius 2 is 1.27 bits per heavy atom. The fourth-order valence-corrected chi connectivity index (χ4v) is 5.75. The number of hydrogen-bond acceptors (Lipinski definition) is 11. The summed E-state index contributed by atoms with van der Waals surface area (Å²) in [5.41, 5.74) is 0. The lowest BCUT2D eigenvalue weighted by Gasteiger charge is -2.20. The van der Waals surface area contributed by atoms with Gasteiger partial charge in [-0.25, -0.2) is 4.57 Å². The molecule has 0 fully saturated rings. The summed E-state index contributed by atoms with van der Waals surface area (Å²) in [6.45, 7) is 4.33. The third-order valence-corrected chi connectivity index (χ3v) is 9.00. The van der Waals surface area contributed by atoms with Crippen molar-refractivity contribution >= 4 is 19.8 Å². The lowest BCUT2D eigenvalue weighted by Crippen LogP contribution is -2.29. The molecule has 49 heavy (non-hydrogen) atoms. The van der Waals surface area contributed by atoms with Crippen LogP contribution in [0.25, 0.3) is 0 Å². The van der Waals surface area contributed by atoms with Gasteiger partial charge in [-0.3, -0.25) is 18.6 Å². The number of phosphoric ester groups is 1. The standard InChI is InChI=1S/C36H69O12P/c1-4-5-6-7-12-17-22-33(39)34(40)23-18-13-10-15-19-24-35(41)45-28-32(29-47-49(43,44)46-27-31(38)26-37)48-36(42)25-20-14-9-8-11-16-21-30(2)3/h12,17,30-34,37-40H,4-11,13-16,18-29H2,1-3H3,(H,43,44)/b17-12-/t31-,32+,33+,34+/m0/s1. The van der Waals surface area contributed by atoms with Crippen molar-refractivity contribution in [1.29, 1.82) is 0 Å². The highest BCUT2D eigenvalue weighted by Gasteiger charge is 2.27. The summed E-state index contributed by atoms with van der Waals surface area (Å²) in [6, 6.07) is 0. The quantitative estimate of drug-likeness (QED) is 0.0205. The molecule has 0 bridgehead atoms. The maximum atomic E-state index is 12.5. The maximum absolute atomic E-state index is 12.5. The third-order valence-electron chi connectivity index (χ3n) is 8.05. The molecule has 0 aromatic heterocycles. The summed E-state index contributed by atoms with van der Waals surface area (Å²) in [5.74, 6) is -0.342. The maximum Gasteiger partial charge on any atom is 0.472 e. The molecule has 290 valence electrons. The van der Waals surface area contributed by atoms with E-state index in [1.54, 1.807) is 0 Å². The Balaban J connectivity index is 4.46. The van der Waals surface area contributed by atoms with Gasteiger partial charge in [-0.05, 0) is 44.4 Å². The minimum atomic E-state index is -4.64. The highest BCUT2D eigenvalue weighted by Crippen LogP contribution is 2.43. The number of allylic oxidation sites excluding steroid dienone is 1. The van der Waals surface area contributed by atoms with E-state index in [2.05, 4.69) is 31.4 Å². The van der Waals surface area contributed by atoms with Gasteiger partial charge in [0.1, 0.15) is 12.7 Å². The first-order valence-corrected chi connectivity index (χ1v) is 20.2. The van der Waals surface area contributed by atoms with E-state index >= 15 is 0 Å². The fourth-order valence-electron chi connectivity index (χ4n) is 4.96. The summed E-state index contributed by atoms with van der Waals surface area (Å²) in [5, 5.41) is 38.6. The molecule has 0 rings (SSSR count). The third kappa shape index (κ3) is 31.1. The van der Waals surface area contributed by atoms with E-state index in [9.17, 15) is 34.4 Å². The molecular weight excluding hydrogens is 655 g/mol. The van der Waals surface area contributed by atoms with E-state index in [0.717, 1.165) is 57.8 Å². The summed E-state index contributed by atoms with van der Waals surface area (Å²) in [7, 11) is -4.64. The van der Waals surface area contributed by atoms with E-state index in [1.165, 1.54) is 32.1 Å². The van der Waals surface area contributed by atoms with Crippen LogP contribution < -0.4 is 0 Å². The highest BCUT2D eigenvalue weighted by molar-refractivity contribution is 7.47. The van der Waals surface area contributed by atoms with Crippen LogP contribution >= 0.6 is 7.82 Å². The summed E-state index contributed by atoms with van der Waals surface area (Å²) in [6.07, 6.45) is 16.8. The lowest BCUT2D eigenvalue weighted by molar-refractivity contribution is -0.161. The fraction of sp³-hybridized carbons (Fsp3) is 0.889.